The third-order valence-electron chi connectivity index (χ3n) is 3.45. The molecule has 5 heteroatoms. The number of nitrogens with zero attached hydrogens (tertiary/aromatic N) is 1. The molecule has 1 aromatic carbocycles. The first kappa shape index (κ1) is 16.3. The summed E-state index contributed by atoms with van der Waals surface area (Å²) in [4.78, 5) is 23.7. The molecule has 3 aromatic rings. The van der Waals surface area contributed by atoms with Gasteiger partial charge in [0.25, 0.3) is 11.5 Å². The van der Waals surface area contributed by atoms with Crippen LogP contribution in [0.5, 0.6) is 0 Å². The van der Waals surface area contributed by atoms with Crippen LogP contribution in [0, 0.1) is 11.8 Å². The van der Waals surface area contributed by atoms with E-state index in [1.54, 1.807) is 30.5 Å². The van der Waals surface area contributed by atoms with Gasteiger partial charge in [-0.25, -0.2) is 0 Å². The number of nitrogens with one attached hydrogen (secondary N) is 1. The summed E-state index contributed by atoms with van der Waals surface area (Å²) >= 11 is 0. The maximum Gasteiger partial charge on any atom is 0.287 e. The largest absolute Gasteiger partial charge is 0.454 e. The van der Waals surface area contributed by atoms with E-state index in [4.69, 9.17) is 4.42 Å². The standard InChI is InChI=1S/C20H16N2O3/c23-19-10-4-5-14-22(19)15-17-11-12-18(25-17)20(24)21-13-6-9-16-7-2-1-3-8-16/h1-5,7-8,10-12,14H,13,15H2,(H,21,24). The predicted molar refractivity (Wildman–Crippen MR) is 94.2 cm³/mol. The monoisotopic (exact) mass is 332 g/mol. The van der Waals surface area contributed by atoms with Crippen molar-refractivity contribution in [2.45, 2.75) is 6.54 Å². The van der Waals surface area contributed by atoms with Gasteiger partial charge < -0.3 is 14.3 Å². The molecule has 0 aliphatic carbocycles. The number of hydrogen-bond acceptors (Lipinski definition) is 3. The van der Waals surface area contributed by atoms with Gasteiger partial charge in [0.15, 0.2) is 5.76 Å². The van der Waals surface area contributed by atoms with Crippen molar-refractivity contribution in [3.63, 3.8) is 0 Å². The van der Waals surface area contributed by atoms with E-state index in [0.717, 1.165) is 5.56 Å². The molecule has 0 radical (unpaired) electrons. The highest BCUT2D eigenvalue weighted by molar-refractivity contribution is 5.91. The van der Waals surface area contributed by atoms with Gasteiger partial charge >= 0.3 is 0 Å². The molecular weight excluding hydrogens is 316 g/mol. The number of pyridine rings is 1. The average Bonchev–Trinajstić information content (AvgIpc) is 3.10. The number of rotatable bonds is 4. The molecule has 0 saturated heterocycles. The van der Waals surface area contributed by atoms with E-state index in [1.807, 2.05) is 30.3 Å². The van der Waals surface area contributed by atoms with Crippen LogP contribution in [0.25, 0.3) is 0 Å². The lowest BCUT2D eigenvalue weighted by Crippen LogP contribution is -2.23. The smallest absolute Gasteiger partial charge is 0.287 e. The molecule has 0 bridgehead atoms. The molecule has 0 atom stereocenters. The van der Waals surface area contributed by atoms with Gasteiger partial charge in [-0.1, -0.05) is 36.1 Å². The minimum atomic E-state index is -0.339. The molecule has 1 amide bonds. The lowest BCUT2D eigenvalue weighted by atomic mass is 10.2. The van der Waals surface area contributed by atoms with Crippen molar-refractivity contribution in [2.75, 3.05) is 6.54 Å². The summed E-state index contributed by atoms with van der Waals surface area (Å²) in [6, 6.07) is 17.7. The van der Waals surface area contributed by atoms with Gasteiger partial charge in [-0.3, -0.25) is 9.59 Å². The number of carbonyl (C=O) groups excluding carboxylic acids is 1. The molecule has 1 N–H and O–H groups in total. The zero-order valence-corrected chi connectivity index (χ0v) is 13.4. The fourth-order valence-electron chi connectivity index (χ4n) is 2.22. The molecule has 2 aromatic heterocycles. The number of hydrogen-bond donors (Lipinski definition) is 1. The lowest BCUT2D eigenvalue weighted by Gasteiger charge is -2.02. The van der Waals surface area contributed by atoms with Crippen molar-refractivity contribution < 1.29 is 9.21 Å². The zero-order chi connectivity index (χ0) is 17.5. The second-order valence-electron chi connectivity index (χ2n) is 5.28. The van der Waals surface area contributed by atoms with E-state index in [1.165, 1.54) is 10.6 Å². The van der Waals surface area contributed by atoms with E-state index in [2.05, 4.69) is 17.2 Å². The molecular formula is C20H16N2O3. The average molecular weight is 332 g/mol. The van der Waals surface area contributed by atoms with Crippen LogP contribution in [0.2, 0.25) is 0 Å². The molecule has 124 valence electrons. The Morgan fingerprint density at radius 2 is 1.84 bits per heavy atom. The Morgan fingerprint density at radius 3 is 2.64 bits per heavy atom. The number of furan rings is 1. The summed E-state index contributed by atoms with van der Waals surface area (Å²) in [5, 5.41) is 2.68. The third kappa shape index (κ3) is 4.49. The highest BCUT2D eigenvalue weighted by Crippen LogP contribution is 2.08. The first-order chi connectivity index (χ1) is 12.2. The molecule has 0 aliphatic rings. The maximum atomic E-state index is 12.0. The molecule has 2 heterocycles. The fraction of sp³-hybridized carbons (Fsp3) is 0.100. The first-order valence-corrected chi connectivity index (χ1v) is 7.79. The molecule has 25 heavy (non-hydrogen) atoms. The van der Waals surface area contributed by atoms with Crippen LogP contribution >= 0.6 is 0 Å². The second kappa shape index (κ2) is 7.84. The van der Waals surface area contributed by atoms with Gasteiger partial charge in [-0.15, -0.1) is 0 Å². The summed E-state index contributed by atoms with van der Waals surface area (Å²) in [5.41, 5.74) is 0.770. The second-order valence-corrected chi connectivity index (χ2v) is 5.28. The van der Waals surface area contributed by atoms with Crippen LogP contribution in [-0.2, 0) is 6.54 Å². The molecule has 0 aliphatic heterocycles. The summed E-state index contributed by atoms with van der Waals surface area (Å²) in [5.74, 6) is 6.24. The van der Waals surface area contributed by atoms with Crippen molar-refractivity contribution in [2.24, 2.45) is 0 Å². The molecule has 0 fully saturated rings. The predicted octanol–water partition coefficient (Wildman–Crippen LogP) is 2.27. The van der Waals surface area contributed by atoms with Crippen molar-refractivity contribution in [1.29, 1.82) is 0 Å². The molecule has 0 spiro atoms. The number of aromatic nitrogens is 1. The Morgan fingerprint density at radius 1 is 1.04 bits per heavy atom. The van der Waals surface area contributed by atoms with Crippen LogP contribution < -0.4 is 10.9 Å². The Bertz CT molecular complexity index is 975. The Kier molecular flexibility index (Phi) is 5.13. The van der Waals surface area contributed by atoms with Crippen molar-refractivity contribution in [3.8, 4) is 11.8 Å². The molecule has 5 nitrogen and oxygen atoms in total. The van der Waals surface area contributed by atoms with E-state index in [9.17, 15) is 9.59 Å². The molecule has 0 unspecified atom stereocenters. The minimum Gasteiger partial charge on any atom is -0.454 e. The minimum absolute atomic E-state index is 0.124. The Hall–Kier alpha value is -3.52. The van der Waals surface area contributed by atoms with Crippen molar-refractivity contribution in [1.82, 2.24) is 9.88 Å². The van der Waals surface area contributed by atoms with E-state index < -0.39 is 0 Å². The Labute approximate surface area is 144 Å². The summed E-state index contributed by atoms with van der Waals surface area (Å²) < 4.78 is 7.01. The SMILES string of the molecule is O=C(NCC#Cc1ccccc1)c1ccc(Cn2ccccc2=O)o1. The third-order valence-corrected chi connectivity index (χ3v) is 3.45. The fourth-order valence-corrected chi connectivity index (χ4v) is 2.22. The maximum absolute atomic E-state index is 12.0. The number of amides is 1. The van der Waals surface area contributed by atoms with Crippen LogP contribution in [-0.4, -0.2) is 17.0 Å². The van der Waals surface area contributed by atoms with Gasteiger partial charge in [-0.2, -0.15) is 0 Å². The quantitative estimate of drug-likeness (QED) is 0.746. The van der Waals surface area contributed by atoms with Gasteiger partial charge in [0.1, 0.15) is 5.76 Å². The Balaban J connectivity index is 1.57. The lowest BCUT2D eigenvalue weighted by molar-refractivity contribution is 0.0929. The normalized spacial score (nSPS) is 9.92. The van der Waals surface area contributed by atoms with Crippen LogP contribution in [0.4, 0.5) is 0 Å². The molecule has 3 rings (SSSR count). The van der Waals surface area contributed by atoms with Crippen molar-refractivity contribution in [3.05, 3.63) is 94.3 Å². The highest BCUT2D eigenvalue weighted by Gasteiger charge is 2.10. The van der Waals surface area contributed by atoms with E-state index >= 15 is 0 Å². The summed E-state index contributed by atoms with van der Waals surface area (Å²) in [6.07, 6.45) is 1.67. The van der Waals surface area contributed by atoms with Gasteiger partial charge in [0, 0.05) is 17.8 Å². The van der Waals surface area contributed by atoms with Crippen LogP contribution in [0.3, 0.4) is 0 Å². The zero-order valence-electron chi connectivity index (χ0n) is 13.4. The van der Waals surface area contributed by atoms with Crippen molar-refractivity contribution >= 4 is 5.91 Å². The number of benzene rings is 1. The van der Waals surface area contributed by atoms with Gasteiger partial charge in [-0.05, 0) is 30.3 Å². The van der Waals surface area contributed by atoms with E-state index in [-0.39, 0.29) is 30.3 Å². The first-order valence-electron chi connectivity index (χ1n) is 7.79. The van der Waals surface area contributed by atoms with E-state index in [0.29, 0.717) is 5.76 Å². The highest BCUT2D eigenvalue weighted by atomic mass is 16.4. The van der Waals surface area contributed by atoms with Gasteiger partial charge in [0.05, 0.1) is 13.1 Å². The summed E-state index contributed by atoms with van der Waals surface area (Å²) in [7, 11) is 0. The topological polar surface area (TPSA) is 64.2 Å². The number of carbonyl (C=O) groups is 1. The van der Waals surface area contributed by atoms with Crippen LogP contribution in [0.15, 0.2) is 76.1 Å². The summed E-state index contributed by atoms with van der Waals surface area (Å²) in [6.45, 7) is 0.503. The van der Waals surface area contributed by atoms with Gasteiger partial charge in [0.2, 0.25) is 0 Å². The molecule has 0 saturated carbocycles. The van der Waals surface area contributed by atoms with Crippen LogP contribution in [0.1, 0.15) is 21.9 Å².